The number of carbonyl (C=O) groups excluding carboxylic acids is 1. The minimum Gasteiger partial charge on any atom is -0.358 e. The molecule has 0 saturated carbocycles. The number of nitro groups is 1. The molecule has 1 rings (SSSR count). The summed E-state index contributed by atoms with van der Waals surface area (Å²) in [7, 11) is 1.56. The highest BCUT2D eigenvalue weighted by atomic mass is 16.6. The Hall–Kier alpha value is -2.02. The van der Waals surface area contributed by atoms with E-state index in [-0.39, 0.29) is 17.6 Å². The number of aryl methyl sites for hydroxylation is 1. The molecule has 2 N–H and O–H groups in total. The van der Waals surface area contributed by atoms with Crippen LogP contribution >= 0.6 is 0 Å². The van der Waals surface area contributed by atoms with E-state index in [2.05, 4.69) is 15.6 Å². The molecular formula is C12H18N4O3. The Morgan fingerprint density at radius 2 is 2.16 bits per heavy atom. The van der Waals surface area contributed by atoms with Crippen LogP contribution in [0.3, 0.4) is 0 Å². The molecule has 1 heterocycles. The second-order valence-corrected chi connectivity index (χ2v) is 4.34. The van der Waals surface area contributed by atoms with Gasteiger partial charge in [0.15, 0.2) is 0 Å². The summed E-state index contributed by atoms with van der Waals surface area (Å²) >= 11 is 0. The third-order valence-corrected chi connectivity index (χ3v) is 2.97. The molecule has 0 radical (unpaired) electrons. The second-order valence-electron chi connectivity index (χ2n) is 4.34. The van der Waals surface area contributed by atoms with Crippen LogP contribution in [-0.4, -0.2) is 28.9 Å². The van der Waals surface area contributed by atoms with E-state index in [1.807, 2.05) is 0 Å². The molecular weight excluding hydrogens is 248 g/mol. The molecule has 1 aromatic rings. The van der Waals surface area contributed by atoms with Crippen LogP contribution in [0.4, 0.5) is 5.69 Å². The fourth-order valence-electron chi connectivity index (χ4n) is 1.78. The van der Waals surface area contributed by atoms with Crippen molar-refractivity contribution in [3.63, 3.8) is 0 Å². The number of rotatable bonds is 5. The van der Waals surface area contributed by atoms with Gasteiger partial charge in [0.2, 0.25) is 5.91 Å². The summed E-state index contributed by atoms with van der Waals surface area (Å²) < 4.78 is 0. The van der Waals surface area contributed by atoms with Crippen molar-refractivity contribution in [3.8, 4) is 0 Å². The normalized spacial score (nSPS) is 12.0. The van der Waals surface area contributed by atoms with Gasteiger partial charge in [-0.1, -0.05) is 0 Å². The maximum absolute atomic E-state index is 11.3. The molecule has 0 aliphatic rings. The summed E-state index contributed by atoms with van der Waals surface area (Å²) in [5.41, 5.74) is 1.72. The van der Waals surface area contributed by atoms with Crippen LogP contribution in [0.5, 0.6) is 0 Å². The number of aromatic nitrogens is 1. The van der Waals surface area contributed by atoms with Crippen LogP contribution in [0.1, 0.15) is 23.7 Å². The zero-order valence-electron chi connectivity index (χ0n) is 11.5. The smallest absolute Gasteiger partial charge is 0.278 e. The summed E-state index contributed by atoms with van der Waals surface area (Å²) in [4.78, 5) is 26.1. The van der Waals surface area contributed by atoms with Crippen LogP contribution in [0.25, 0.3) is 0 Å². The third-order valence-electron chi connectivity index (χ3n) is 2.97. The number of likely N-dealkylation sites (N-methyl/N-ethyl adjacent to an activating group) is 1. The standard InChI is InChI=1S/C12H18N4O3/c1-7-5-15-10(8(2)11(7)16(18)19)6-14-9(3)12(17)13-4/h5,9,14H,6H2,1-4H3,(H,13,17). The summed E-state index contributed by atoms with van der Waals surface area (Å²) in [6.45, 7) is 5.35. The summed E-state index contributed by atoms with van der Waals surface area (Å²) in [5.74, 6) is -0.140. The molecule has 0 saturated heterocycles. The zero-order valence-corrected chi connectivity index (χ0v) is 11.5. The molecule has 0 bridgehead atoms. The van der Waals surface area contributed by atoms with Crippen LogP contribution in [0, 0.1) is 24.0 Å². The van der Waals surface area contributed by atoms with E-state index in [4.69, 9.17) is 0 Å². The van der Waals surface area contributed by atoms with E-state index in [1.165, 1.54) is 6.20 Å². The van der Waals surface area contributed by atoms with E-state index >= 15 is 0 Å². The topological polar surface area (TPSA) is 97.2 Å². The Labute approximate surface area is 111 Å². The number of nitrogens with zero attached hydrogens (tertiary/aromatic N) is 2. The second kappa shape index (κ2) is 6.24. The lowest BCUT2D eigenvalue weighted by atomic mass is 10.1. The maximum Gasteiger partial charge on any atom is 0.278 e. The highest BCUT2D eigenvalue weighted by molar-refractivity contribution is 5.80. The molecule has 0 aromatic carbocycles. The van der Waals surface area contributed by atoms with Gasteiger partial charge in [-0.25, -0.2) is 0 Å². The molecule has 19 heavy (non-hydrogen) atoms. The van der Waals surface area contributed by atoms with Gasteiger partial charge >= 0.3 is 0 Å². The lowest BCUT2D eigenvalue weighted by Crippen LogP contribution is -2.40. The van der Waals surface area contributed by atoms with Gasteiger partial charge < -0.3 is 10.6 Å². The Morgan fingerprint density at radius 3 is 2.68 bits per heavy atom. The van der Waals surface area contributed by atoms with Crippen molar-refractivity contribution in [2.45, 2.75) is 33.4 Å². The van der Waals surface area contributed by atoms with Gasteiger partial charge in [0.1, 0.15) is 0 Å². The zero-order chi connectivity index (χ0) is 14.6. The van der Waals surface area contributed by atoms with Crippen molar-refractivity contribution in [2.24, 2.45) is 0 Å². The fourth-order valence-corrected chi connectivity index (χ4v) is 1.78. The third kappa shape index (κ3) is 3.47. The van der Waals surface area contributed by atoms with Crippen LogP contribution < -0.4 is 10.6 Å². The predicted molar refractivity (Wildman–Crippen MR) is 70.7 cm³/mol. The van der Waals surface area contributed by atoms with Crippen molar-refractivity contribution < 1.29 is 9.72 Å². The first-order valence-corrected chi connectivity index (χ1v) is 5.93. The lowest BCUT2D eigenvalue weighted by molar-refractivity contribution is -0.386. The largest absolute Gasteiger partial charge is 0.358 e. The van der Waals surface area contributed by atoms with Crippen LogP contribution in [0.15, 0.2) is 6.20 Å². The van der Waals surface area contributed by atoms with Crippen LogP contribution in [-0.2, 0) is 11.3 Å². The number of carbonyl (C=O) groups is 1. The Morgan fingerprint density at radius 1 is 1.53 bits per heavy atom. The molecule has 0 spiro atoms. The van der Waals surface area contributed by atoms with E-state index in [9.17, 15) is 14.9 Å². The molecule has 1 aromatic heterocycles. The summed E-state index contributed by atoms with van der Waals surface area (Å²) in [5, 5.41) is 16.5. The Bertz CT molecular complexity index is 502. The highest BCUT2D eigenvalue weighted by Gasteiger charge is 2.19. The molecule has 1 atom stereocenters. The number of hydrogen-bond acceptors (Lipinski definition) is 5. The van der Waals surface area contributed by atoms with Gasteiger partial charge in [0.05, 0.1) is 16.7 Å². The number of hydrogen-bond donors (Lipinski definition) is 2. The molecule has 1 unspecified atom stereocenters. The van der Waals surface area contributed by atoms with E-state index in [0.717, 1.165) is 0 Å². The minimum absolute atomic E-state index is 0.0828. The van der Waals surface area contributed by atoms with Crippen molar-refractivity contribution in [2.75, 3.05) is 7.05 Å². The quantitative estimate of drug-likeness (QED) is 0.607. The number of amides is 1. The Balaban J connectivity index is 2.89. The van der Waals surface area contributed by atoms with Gasteiger partial charge in [-0.3, -0.25) is 19.9 Å². The average Bonchev–Trinajstić information content (AvgIpc) is 2.36. The first kappa shape index (κ1) is 15.0. The molecule has 0 aliphatic carbocycles. The number of nitrogens with one attached hydrogen (secondary N) is 2. The molecule has 7 heteroatoms. The van der Waals surface area contributed by atoms with Crippen molar-refractivity contribution >= 4 is 11.6 Å². The van der Waals surface area contributed by atoms with E-state index < -0.39 is 4.92 Å². The SMILES string of the molecule is CNC(=O)C(C)NCc1ncc(C)c([N+](=O)[O-])c1C. The minimum atomic E-state index is -0.405. The van der Waals surface area contributed by atoms with Gasteiger partial charge in [-0.05, 0) is 20.8 Å². The molecule has 0 aliphatic heterocycles. The van der Waals surface area contributed by atoms with Crippen LogP contribution in [0.2, 0.25) is 0 Å². The van der Waals surface area contributed by atoms with Gasteiger partial charge in [0, 0.05) is 30.9 Å². The molecule has 104 valence electrons. The van der Waals surface area contributed by atoms with Crippen molar-refractivity contribution in [1.82, 2.24) is 15.6 Å². The summed E-state index contributed by atoms with van der Waals surface area (Å²) in [6, 6.07) is -0.383. The average molecular weight is 266 g/mol. The lowest BCUT2D eigenvalue weighted by Gasteiger charge is -2.13. The molecule has 1 amide bonds. The first-order valence-electron chi connectivity index (χ1n) is 5.93. The van der Waals surface area contributed by atoms with Crippen molar-refractivity contribution in [3.05, 3.63) is 33.1 Å². The number of pyridine rings is 1. The van der Waals surface area contributed by atoms with Crippen molar-refractivity contribution in [1.29, 1.82) is 0 Å². The van der Waals surface area contributed by atoms with Gasteiger partial charge in [0.25, 0.3) is 5.69 Å². The first-order chi connectivity index (χ1) is 8.88. The Kier molecular flexibility index (Phi) is 4.94. The monoisotopic (exact) mass is 266 g/mol. The van der Waals surface area contributed by atoms with Gasteiger partial charge in [-0.15, -0.1) is 0 Å². The predicted octanol–water partition coefficient (Wildman–Crippen LogP) is 0.831. The van der Waals surface area contributed by atoms with Gasteiger partial charge in [-0.2, -0.15) is 0 Å². The molecule has 7 nitrogen and oxygen atoms in total. The van der Waals surface area contributed by atoms with E-state index in [1.54, 1.807) is 27.8 Å². The molecule has 0 fully saturated rings. The van der Waals surface area contributed by atoms with E-state index in [0.29, 0.717) is 23.4 Å². The summed E-state index contributed by atoms with van der Waals surface area (Å²) in [6.07, 6.45) is 1.48. The maximum atomic E-state index is 11.3. The highest BCUT2D eigenvalue weighted by Crippen LogP contribution is 2.23. The fraction of sp³-hybridized carbons (Fsp3) is 0.500.